The first-order chi connectivity index (χ1) is 10.1. The van der Waals surface area contributed by atoms with Crippen molar-refractivity contribution in [2.24, 2.45) is 5.92 Å². The summed E-state index contributed by atoms with van der Waals surface area (Å²) in [5.41, 5.74) is 3.26. The number of carbonyl (C=O) groups is 1. The predicted molar refractivity (Wildman–Crippen MR) is 86.3 cm³/mol. The van der Waals surface area contributed by atoms with Crippen LogP contribution in [0.2, 0.25) is 5.02 Å². The Morgan fingerprint density at radius 2 is 2.19 bits per heavy atom. The molecule has 0 aromatic heterocycles. The molecule has 1 saturated heterocycles. The van der Waals surface area contributed by atoms with Gasteiger partial charge in [0.1, 0.15) is 0 Å². The lowest BCUT2D eigenvalue weighted by molar-refractivity contribution is 0.101. The highest BCUT2D eigenvalue weighted by atomic mass is 35.5. The van der Waals surface area contributed by atoms with Gasteiger partial charge in [-0.05, 0) is 62.4 Å². The maximum absolute atomic E-state index is 11.8. The van der Waals surface area contributed by atoms with E-state index in [1.165, 1.54) is 11.1 Å². The summed E-state index contributed by atoms with van der Waals surface area (Å²) in [4.78, 5) is 14.3. The number of fused-ring (bicyclic) bond motifs is 1. The summed E-state index contributed by atoms with van der Waals surface area (Å²) in [5, 5.41) is 4.33. The van der Waals surface area contributed by atoms with Crippen LogP contribution in [0.4, 0.5) is 0 Å². The Kier molecular flexibility index (Phi) is 4.34. The minimum Gasteiger partial charge on any atom is -0.314 e. The molecule has 1 aliphatic carbocycles. The Balaban J connectivity index is 1.88. The van der Waals surface area contributed by atoms with Crippen molar-refractivity contribution in [1.29, 1.82) is 0 Å². The monoisotopic (exact) mass is 306 g/mol. The molecule has 1 aliphatic heterocycles. The van der Waals surface area contributed by atoms with Crippen LogP contribution in [0, 0.1) is 5.92 Å². The molecule has 3 nitrogen and oxygen atoms in total. The average Bonchev–Trinajstić information content (AvgIpc) is 2.47. The Morgan fingerprint density at radius 3 is 2.90 bits per heavy atom. The number of ketones is 1. The fourth-order valence-corrected chi connectivity index (χ4v) is 4.13. The summed E-state index contributed by atoms with van der Waals surface area (Å²) in [7, 11) is 2.22. The van der Waals surface area contributed by atoms with Crippen molar-refractivity contribution in [3.05, 3.63) is 33.8 Å². The highest BCUT2D eigenvalue weighted by Crippen LogP contribution is 2.35. The van der Waals surface area contributed by atoms with Gasteiger partial charge in [0.15, 0.2) is 5.78 Å². The number of hydrogen-bond acceptors (Lipinski definition) is 3. The fraction of sp³-hybridized carbons (Fsp3) is 0.588. The SMILES string of the molecule is CC(=O)c1ccc(Cl)c2c1CCC(C1CNCCN1C)C2. The molecule has 2 unspecified atom stereocenters. The molecule has 1 aromatic rings. The third-order valence-corrected chi connectivity index (χ3v) is 5.44. The van der Waals surface area contributed by atoms with Crippen molar-refractivity contribution in [2.45, 2.75) is 32.2 Å². The molecule has 2 atom stereocenters. The van der Waals surface area contributed by atoms with Crippen molar-refractivity contribution in [1.82, 2.24) is 10.2 Å². The maximum atomic E-state index is 11.8. The number of Topliss-reactive ketones (excluding diaryl/α,β-unsaturated/α-hetero) is 1. The molecule has 0 saturated carbocycles. The molecule has 0 amide bonds. The zero-order valence-corrected chi connectivity index (χ0v) is 13.5. The first-order valence-corrected chi connectivity index (χ1v) is 8.18. The normalized spacial score (nSPS) is 26.4. The zero-order chi connectivity index (χ0) is 15.0. The van der Waals surface area contributed by atoms with E-state index in [9.17, 15) is 4.79 Å². The number of carbonyl (C=O) groups excluding carboxylic acids is 1. The smallest absolute Gasteiger partial charge is 0.160 e. The topological polar surface area (TPSA) is 32.3 Å². The Bertz CT molecular complexity index is 558. The summed E-state index contributed by atoms with van der Waals surface area (Å²) in [5.74, 6) is 0.771. The van der Waals surface area contributed by atoms with E-state index in [4.69, 9.17) is 11.6 Å². The number of nitrogens with one attached hydrogen (secondary N) is 1. The van der Waals surface area contributed by atoms with Gasteiger partial charge in [0.25, 0.3) is 0 Å². The van der Waals surface area contributed by atoms with Gasteiger partial charge in [-0.2, -0.15) is 0 Å². The molecule has 0 radical (unpaired) electrons. The van der Waals surface area contributed by atoms with Gasteiger partial charge in [-0.25, -0.2) is 0 Å². The van der Waals surface area contributed by atoms with Crippen LogP contribution < -0.4 is 5.32 Å². The molecule has 2 aliphatic rings. The van der Waals surface area contributed by atoms with Crippen LogP contribution in [-0.4, -0.2) is 43.4 Å². The number of likely N-dealkylation sites (N-methyl/N-ethyl adjacent to an activating group) is 1. The van der Waals surface area contributed by atoms with Crippen molar-refractivity contribution >= 4 is 17.4 Å². The Hall–Kier alpha value is -0.900. The van der Waals surface area contributed by atoms with Crippen molar-refractivity contribution in [2.75, 3.05) is 26.7 Å². The summed E-state index contributed by atoms with van der Waals surface area (Å²) >= 11 is 6.42. The van der Waals surface area contributed by atoms with Gasteiger partial charge in [-0.15, -0.1) is 0 Å². The number of hydrogen-bond donors (Lipinski definition) is 1. The van der Waals surface area contributed by atoms with E-state index in [1.54, 1.807) is 6.92 Å². The highest BCUT2D eigenvalue weighted by molar-refractivity contribution is 6.31. The van der Waals surface area contributed by atoms with Gasteiger partial charge in [0, 0.05) is 36.3 Å². The second kappa shape index (κ2) is 6.07. The van der Waals surface area contributed by atoms with Crippen LogP contribution in [0.15, 0.2) is 12.1 Å². The third kappa shape index (κ3) is 2.87. The predicted octanol–water partition coefficient (Wildman–Crippen LogP) is 2.55. The van der Waals surface area contributed by atoms with Crippen LogP contribution in [0.25, 0.3) is 0 Å². The first-order valence-electron chi connectivity index (χ1n) is 7.80. The molecular formula is C17H23ClN2O. The van der Waals surface area contributed by atoms with Crippen LogP contribution in [0.3, 0.4) is 0 Å². The number of halogens is 1. The lowest BCUT2D eigenvalue weighted by Gasteiger charge is -2.41. The Labute approximate surface area is 131 Å². The van der Waals surface area contributed by atoms with Crippen molar-refractivity contribution in [3.63, 3.8) is 0 Å². The van der Waals surface area contributed by atoms with E-state index in [1.807, 2.05) is 12.1 Å². The van der Waals surface area contributed by atoms with Gasteiger partial charge in [-0.1, -0.05) is 11.6 Å². The van der Waals surface area contributed by atoms with Crippen LogP contribution in [0.5, 0.6) is 0 Å². The third-order valence-electron chi connectivity index (χ3n) is 5.09. The summed E-state index contributed by atoms with van der Waals surface area (Å²) in [6, 6.07) is 4.35. The van der Waals surface area contributed by atoms with Gasteiger partial charge in [-0.3, -0.25) is 4.79 Å². The molecule has 3 rings (SSSR count). The molecule has 0 bridgehead atoms. The van der Waals surface area contributed by atoms with E-state index >= 15 is 0 Å². The number of nitrogens with zero attached hydrogens (tertiary/aromatic N) is 1. The minimum absolute atomic E-state index is 0.151. The van der Waals surface area contributed by atoms with Crippen molar-refractivity contribution < 1.29 is 4.79 Å². The number of benzene rings is 1. The summed E-state index contributed by atoms with van der Waals surface area (Å²) in [6.45, 7) is 4.88. The van der Waals surface area contributed by atoms with E-state index in [2.05, 4.69) is 17.3 Å². The number of rotatable bonds is 2. The van der Waals surface area contributed by atoms with Crippen LogP contribution in [-0.2, 0) is 12.8 Å². The molecule has 1 heterocycles. The molecular weight excluding hydrogens is 284 g/mol. The summed E-state index contributed by atoms with van der Waals surface area (Å²) < 4.78 is 0. The second-order valence-corrected chi connectivity index (χ2v) is 6.77. The molecule has 0 spiro atoms. The molecule has 4 heteroatoms. The lowest BCUT2D eigenvalue weighted by atomic mass is 9.77. The zero-order valence-electron chi connectivity index (χ0n) is 12.8. The van der Waals surface area contributed by atoms with E-state index in [0.29, 0.717) is 12.0 Å². The van der Waals surface area contributed by atoms with Gasteiger partial charge in [0.2, 0.25) is 0 Å². The Morgan fingerprint density at radius 1 is 1.38 bits per heavy atom. The quantitative estimate of drug-likeness (QED) is 0.852. The fourth-order valence-electron chi connectivity index (χ4n) is 3.88. The van der Waals surface area contributed by atoms with Gasteiger partial charge >= 0.3 is 0 Å². The highest BCUT2D eigenvalue weighted by Gasteiger charge is 2.32. The van der Waals surface area contributed by atoms with Crippen LogP contribution in [0.1, 0.15) is 34.8 Å². The maximum Gasteiger partial charge on any atom is 0.160 e. The van der Waals surface area contributed by atoms with E-state index in [0.717, 1.165) is 49.5 Å². The second-order valence-electron chi connectivity index (χ2n) is 6.36. The largest absolute Gasteiger partial charge is 0.314 e. The lowest BCUT2D eigenvalue weighted by Crippen LogP contribution is -2.53. The molecule has 1 N–H and O–H groups in total. The van der Waals surface area contributed by atoms with E-state index < -0.39 is 0 Å². The van der Waals surface area contributed by atoms with Gasteiger partial charge in [0.05, 0.1) is 0 Å². The molecule has 21 heavy (non-hydrogen) atoms. The molecule has 1 fully saturated rings. The molecule has 1 aromatic carbocycles. The first kappa shape index (κ1) is 15.0. The van der Waals surface area contributed by atoms with E-state index in [-0.39, 0.29) is 5.78 Å². The summed E-state index contributed by atoms with van der Waals surface area (Å²) in [6.07, 6.45) is 3.11. The van der Waals surface area contributed by atoms with Crippen molar-refractivity contribution in [3.8, 4) is 0 Å². The van der Waals surface area contributed by atoms with Gasteiger partial charge < -0.3 is 10.2 Å². The molecule has 114 valence electrons. The average molecular weight is 307 g/mol. The van der Waals surface area contributed by atoms with Crippen LogP contribution >= 0.6 is 11.6 Å². The number of piperazine rings is 1. The minimum atomic E-state index is 0.151. The standard InChI is InChI=1S/C17H23ClN2O/c1-11(21)13-5-6-16(18)15-9-12(3-4-14(13)15)17-10-19-7-8-20(17)2/h5-6,12,17,19H,3-4,7-10H2,1-2H3.